The van der Waals surface area contributed by atoms with Crippen LogP contribution in [0.15, 0.2) is 48.5 Å². The Morgan fingerprint density at radius 3 is 2.00 bits per heavy atom. The normalized spacial score (nSPS) is 12.2. The summed E-state index contributed by atoms with van der Waals surface area (Å²) in [5.74, 6) is 1.48. The first kappa shape index (κ1) is 12.9. The minimum Gasteiger partial charge on any atom is -0.457 e. The van der Waals surface area contributed by atoms with Crippen LogP contribution < -0.4 is 4.74 Å². The van der Waals surface area contributed by atoms with E-state index in [1.807, 2.05) is 43.3 Å². The molecule has 3 heteroatoms. The molecule has 0 heterocycles. The van der Waals surface area contributed by atoms with E-state index in [0.29, 0.717) is 11.4 Å². The standard InChI is InChI=1S/C15H15ClO2/c1-2-15(17)11-3-7-13(8-4-11)18-14-9-5-12(16)6-10-14/h3-10,15,17H,2H2,1H3. The van der Waals surface area contributed by atoms with Crippen LogP contribution in [0.2, 0.25) is 5.02 Å². The summed E-state index contributed by atoms with van der Waals surface area (Å²) in [5.41, 5.74) is 0.904. The van der Waals surface area contributed by atoms with E-state index < -0.39 is 6.10 Å². The van der Waals surface area contributed by atoms with Crippen molar-refractivity contribution in [2.75, 3.05) is 0 Å². The van der Waals surface area contributed by atoms with Gasteiger partial charge in [0, 0.05) is 5.02 Å². The average molecular weight is 263 g/mol. The zero-order valence-electron chi connectivity index (χ0n) is 10.1. The fraction of sp³-hybridized carbons (Fsp3) is 0.200. The van der Waals surface area contributed by atoms with Crippen LogP contribution >= 0.6 is 11.6 Å². The maximum absolute atomic E-state index is 9.68. The summed E-state index contributed by atoms with van der Waals surface area (Å²) in [5, 5.41) is 10.4. The van der Waals surface area contributed by atoms with E-state index in [2.05, 4.69) is 0 Å². The number of halogens is 1. The second-order valence-electron chi connectivity index (χ2n) is 4.05. The second-order valence-corrected chi connectivity index (χ2v) is 4.49. The summed E-state index contributed by atoms with van der Waals surface area (Å²) in [6, 6.07) is 14.6. The minimum absolute atomic E-state index is 0.408. The first-order valence-electron chi connectivity index (χ1n) is 5.90. The van der Waals surface area contributed by atoms with Gasteiger partial charge in [0.2, 0.25) is 0 Å². The van der Waals surface area contributed by atoms with Crippen LogP contribution in [0.25, 0.3) is 0 Å². The summed E-state index contributed by atoms with van der Waals surface area (Å²) >= 11 is 5.80. The Balaban J connectivity index is 2.08. The number of aliphatic hydroxyl groups excluding tert-OH is 1. The van der Waals surface area contributed by atoms with Gasteiger partial charge in [-0.2, -0.15) is 0 Å². The number of ether oxygens (including phenoxy) is 1. The lowest BCUT2D eigenvalue weighted by molar-refractivity contribution is 0.173. The van der Waals surface area contributed by atoms with E-state index in [-0.39, 0.29) is 0 Å². The lowest BCUT2D eigenvalue weighted by Gasteiger charge is -2.10. The van der Waals surface area contributed by atoms with Gasteiger partial charge in [-0.05, 0) is 48.4 Å². The van der Waals surface area contributed by atoms with Gasteiger partial charge in [-0.3, -0.25) is 0 Å². The molecule has 1 unspecified atom stereocenters. The minimum atomic E-state index is -0.408. The Bertz CT molecular complexity index is 491. The SMILES string of the molecule is CCC(O)c1ccc(Oc2ccc(Cl)cc2)cc1. The molecule has 0 amide bonds. The summed E-state index contributed by atoms with van der Waals surface area (Å²) < 4.78 is 5.66. The van der Waals surface area contributed by atoms with Crippen LogP contribution in [0, 0.1) is 0 Å². The fourth-order valence-corrected chi connectivity index (χ4v) is 1.76. The molecule has 18 heavy (non-hydrogen) atoms. The number of hydrogen-bond acceptors (Lipinski definition) is 2. The Morgan fingerprint density at radius 2 is 1.50 bits per heavy atom. The van der Waals surface area contributed by atoms with Crippen molar-refractivity contribution in [1.29, 1.82) is 0 Å². The molecule has 0 aliphatic carbocycles. The van der Waals surface area contributed by atoms with Gasteiger partial charge >= 0.3 is 0 Å². The first-order chi connectivity index (χ1) is 8.69. The molecule has 0 bridgehead atoms. The number of hydrogen-bond donors (Lipinski definition) is 1. The van der Waals surface area contributed by atoms with Crippen molar-refractivity contribution < 1.29 is 9.84 Å². The highest BCUT2D eigenvalue weighted by molar-refractivity contribution is 6.30. The number of benzene rings is 2. The van der Waals surface area contributed by atoms with Crippen LogP contribution in [-0.2, 0) is 0 Å². The highest BCUT2D eigenvalue weighted by atomic mass is 35.5. The first-order valence-corrected chi connectivity index (χ1v) is 6.28. The smallest absolute Gasteiger partial charge is 0.127 e. The van der Waals surface area contributed by atoms with Gasteiger partial charge in [-0.25, -0.2) is 0 Å². The Kier molecular flexibility index (Phi) is 4.24. The monoisotopic (exact) mass is 262 g/mol. The van der Waals surface area contributed by atoms with Gasteiger partial charge in [0.25, 0.3) is 0 Å². The molecule has 0 saturated heterocycles. The zero-order chi connectivity index (χ0) is 13.0. The van der Waals surface area contributed by atoms with Crippen molar-refractivity contribution in [2.24, 2.45) is 0 Å². The molecule has 2 rings (SSSR count). The molecule has 2 aromatic carbocycles. The zero-order valence-corrected chi connectivity index (χ0v) is 10.9. The predicted octanol–water partition coefficient (Wildman–Crippen LogP) is 4.58. The van der Waals surface area contributed by atoms with E-state index in [4.69, 9.17) is 16.3 Å². The predicted molar refractivity (Wildman–Crippen MR) is 73.2 cm³/mol. The van der Waals surface area contributed by atoms with Crippen LogP contribution in [-0.4, -0.2) is 5.11 Å². The maximum atomic E-state index is 9.68. The van der Waals surface area contributed by atoms with Crippen molar-refractivity contribution in [3.63, 3.8) is 0 Å². The molecule has 0 saturated carbocycles. The highest BCUT2D eigenvalue weighted by Crippen LogP contribution is 2.25. The Hall–Kier alpha value is -1.51. The summed E-state index contributed by atoms with van der Waals surface area (Å²) in [6.07, 6.45) is 0.298. The van der Waals surface area contributed by atoms with E-state index in [0.717, 1.165) is 17.1 Å². The van der Waals surface area contributed by atoms with E-state index in [9.17, 15) is 5.11 Å². The van der Waals surface area contributed by atoms with Crippen LogP contribution in [0.4, 0.5) is 0 Å². The van der Waals surface area contributed by atoms with E-state index >= 15 is 0 Å². The number of rotatable bonds is 4. The van der Waals surface area contributed by atoms with Gasteiger partial charge in [0.1, 0.15) is 11.5 Å². The van der Waals surface area contributed by atoms with Crippen molar-refractivity contribution in [3.05, 3.63) is 59.1 Å². The molecule has 0 aromatic heterocycles. The molecule has 1 atom stereocenters. The molecule has 94 valence electrons. The third-order valence-corrected chi connectivity index (χ3v) is 2.95. The molecule has 2 nitrogen and oxygen atoms in total. The summed E-state index contributed by atoms with van der Waals surface area (Å²) in [4.78, 5) is 0. The van der Waals surface area contributed by atoms with Gasteiger partial charge in [0.15, 0.2) is 0 Å². The molecular formula is C15H15ClO2. The Labute approximate surface area is 112 Å². The molecular weight excluding hydrogens is 248 g/mol. The molecule has 2 aromatic rings. The van der Waals surface area contributed by atoms with Gasteiger partial charge in [-0.15, -0.1) is 0 Å². The molecule has 0 aliphatic rings. The lowest BCUT2D eigenvalue weighted by atomic mass is 10.1. The molecule has 1 N–H and O–H groups in total. The number of aliphatic hydroxyl groups is 1. The largest absolute Gasteiger partial charge is 0.457 e. The van der Waals surface area contributed by atoms with Crippen molar-refractivity contribution in [1.82, 2.24) is 0 Å². The van der Waals surface area contributed by atoms with Gasteiger partial charge in [-0.1, -0.05) is 30.7 Å². The van der Waals surface area contributed by atoms with Crippen LogP contribution in [0.5, 0.6) is 11.5 Å². The fourth-order valence-electron chi connectivity index (χ4n) is 1.63. The summed E-state index contributed by atoms with van der Waals surface area (Å²) in [7, 11) is 0. The molecule has 0 fully saturated rings. The molecule has 0 spiro atoms. The summed E-state index contributed by atoms with van der Waals surface area (Å²) in [6.45, 7) is 1.95. The second kappa shape index (κ2) is 5.89. The third-order valence-electron chi connectivity index (χ3n) is 2.70. The third kappa shape index (κ3) is 3.25. The van der Waals surface area contributed by atoms with E-state index in [1.165, 1.54) is 0 Å². The molecule has 0 radical (unpaired) electrons. The average Bonchev–Trinajstić information content (AvgIpc) is 2.41. The maximum Gasteiger partial charge on any atom is 0.127 e. The lowest BCUT2D eigenvalue weighted by Crippen LogP contribution is -1.94. The van der Waals surface area contributed by atoms with Gasteiger partial charge in [0.05, 0.1) is 6.10 Å². The van der Waals surface area contributed by atoms with Crippen molar-refractivity contribution in [3.8, 4) is 11.5 Å². The van der Waals surface area contributed by atoms with Crippen molar-refractivity contribution in [2.45, 2.75) is 19.4 Å². The Morgan fingerprint density at radius 1 is 1.00 bits per heavy atom. The molecule has 0 aliphatic heterocycles. The van der Waals surface area contributed by atoms with Gasteiger partial charge < -0.3 is 9.84 Å². The quantitative estimate of drug-likeness (QED) is 0.874. The van der Waals surface area contributed by atoms with Crippen LogP contribution in [0.1, 0.15) is 25.0 Å². The topological polar surface area (TPSA) is 29.5 Å². The van der Waals surface area contributed by atoms with E-state index in [1.54, 1.807) is 12.1 Å². The van der Waals surface area contributed by atoms with Crippen LogP contribution in [0.3, 0.4) is 0 Å². The van der Waals surface area contributed by atoms with Crippen molar-refractivity contribution >= 4 is 11.6 Å². The highest BCUT2D eigenvalue weighted by Gasteiger charge is 2.04.